The smallest absolute Gasteiger partial charge is 0.261 e. The van der Waals surface area contributed by atoms with E-state index < -0.39 is 9.05 Å². The zero-order valence-electron chi connectivity index (χ0n) is 10.8. The monoisotopic (exact) mass is 313 g/mol. The first-order chi connectivity index (χ1) is 9.29. The highest BCUT2D eigenvalue weighted by Crippen LogP contribution is 2.26. The van der Waals surface area contributed by atoms with Gasteiger partial charge in [0.2, 0.25) is 0 Å². The lowest BCUT2D eigenvalue weighted by atomic mass is 10.1. The molecular formula is C12H12ClN3O3S. The molecule has 0 unspecified atom stereocenters. The first-order valence-electron chi connectivity index (χ1n) is 5.65. The minimum Gasteiger partial charge on any atom is -0.321 e. The Morgan fingerprint density at radius 3 is 2.35 bits per heavy atom. The molecule has 1 heterocycles. The first-order valence-corrected chi connectivity index (χ1v) is 7.96. The van der Waals surface area contributed by atoms with Gasteiger partial charge in [0, 0.05) is 22.6 Å². The van der Waals surface area contributed by atoms with Crippen LogP contribution in [0.1, 0.15) is 21.5 Å². The highest BCUT2D eigenvalue weighted by molar-refractivity contribution is 8.13. The zero-order valence-corrected chi connectivity index (χ0v) is 12.3. The molecular weight excluding hydrogens is 302 g/mol. The van der Waals surface area contributed by atoms with Gasteiger partial charge in [-0.05, 0) is 37.1 Å². The second kappa shape index (κ2) is 5.26. The summed E-state index contributed by atoms with van der Waals surface area (Å²) in [5, 5.41) is 8.96. The maximum atomic E-state index is 11.9. The molecule has 1 aromatic carbocycles. The Morgan fingerprint density at radius 2 is 1.90 bits per heavy atom. The van der Waals surface area contributed by atoms with E-state index in [9.17, 15) is 13.2 Å². The molecule has 6 nitrogen and oxygen atoms in total. The minimum atomic E-state index is -3.79. The molecule has 0 radical (unpaired) electrons. The van der Waals surface area contributed by atoms with Crippen molar-refractivity contribution in [1.82, 2.24) is 10.2 Å². The van der Waals surface area contributed by atoms with Crippen LogP contribution in [-0.2, 0) is 9.05 Å². The van der Waals surface area contributed by atoms with Crippen LogP contribution in [0.15, 0.2) is 29.4 Å². The molecule has 2 rings (SSSR count). The molecule has 8 heteroatoms. The Balaban J connectivity index is 2.37. The van der Waals surface area contributed by atoms with Gasteiger partial charge in [0.25, 0.3) is 15.0 Å². The predicted octanol–water partition coefficient (Wildman–Crippen LogP) is 2.21. The third-order valence-electron chi connectivity index (χ3n) is 2.79. The van der Waals surface area contributed by atoms with Crippen LogP contribution in [-0.4, -0.2) is 24.5 Å². The van der Waals surface area contributed by atoms with Crippen LogP contribution in [0.3, 0.4) is 0 Å². The van der Waals surface area contributed by atoms with Crippen molar-refractivity contribution in [3.63, 3.8) is 0 Å². The highest BCUT2D eigenvalue weighted by atomic mass is 35.7. The Bertz CT molecular complexity index is 731. The Morgan fingerprint density at radius 1 is 1.30 bits per heavy atom. The van der Waals surface area contributed by atoms with Gasteiger partial charge in [-0.2, -0.15) is 5.10 Å². The standard InChI is InChI=1S/C12H12ClN3O3S/c1-7-3-10(20(13,18)19)4-8(2)11(7)16-12(17)9-5-14-15-6-9/h3-6H,1-2H3,(H,14,15)(H,16,17). The van der Waals surface area contributed by atoms with Gasteiger partial charge < -0.3 is 5.32 Å². The summed E-state index contributed by atoms with van der Waals surface area (Å²) in [4.78, 5) is 12.0. The maximum Gasteiger partial charge on any atom is 0.261 e. The second-order valence-corrected chi connectivity index (χ2v) is 6.88. The molecule has 0 bridgehead atoms. The molecule has 0 aliphatic carbocycles. The van der Waals surface area contributed by atoms with Crippen molar-refractivity contribution in [2.45, 2.75) is 18.7 Å². The van der Waals surface area contributed by atoms with Crippen molar-refractivity contribution >= 4 is 31.3 Å². The summed E-state index contributed by atoms with van der Waals surface area (Å²) >= 11 is 0. The van der Waals surface area contributed by atoms with Crippen LogP contribution in [0.2, 0.25) is 0 Å². The molecule has 0 spiro atoms. The van der Waals surface area contributed by atoms with Crippen molar-refractivity contribution in [3.8, 4) is 0 Å². The predicted molar refractivity (Wildman–Crippen MR) is 75.5 cm³/mol. The van der Waals surface area contributed by atoms with Crippen molar-refractivity contribution in [3.05, 3.63) is 41.2 Å². The lowest BCUT2D eigenvalue weighted by Gasteiger charge is -2.12. The number of aryl methyl sites for hydroxylation is 2. The van der Waals surface area contributed by atoms with Gasteiger partial charge in [-0.1, -0.05) is 0 Å². The van der Waals surface area contributed by atoms with Crippen LogP contribution in [0.25, 0.3) is 0 Å². The number of carbonyl (C=O) groups excluding carboxylic acids is 1. The fraction of sp³-hybridized carbons (Fsp3) is 0.167. The van der Waals surface area contributed by atoms with Crippen LogP contribution in [0.4, 0.5) is 5.69 Å². The van der Waals surface area contributed by atoms with E-state index in [1.807, 2.05) is 0 Å². The van der Waals surface area contributed by atoms with E-state index in [0.29, 0.717) is 22.4 Å². The van der Waals surface area contributed by atoms with E-state index in [1.54, 1.807) is 13.8 Å². The number of nitrogens with one attached hydrogen (secondary N) is 2. The number of hydrogen-bond donors (Lipinski definition) is 2. The molecule has 2 N–H and O–H groups in total. The van der Waals surface area contributed by atoms with E-state index in [0.717, 1.165) is 0 Å². The molecule has 0 saturated carbocycles. The summed E-state index contributed by atoms with van der Waals surface area (Å²) < 4.78 is 22.6. The van der Waals surface area contributed by atoms with Crippen molar-refractivity contribution in [2.75, 3.05) is 5.32 Å². The SMILES string of the molecule is Cc1cc(S(=O)(=O)Cl)cc(C)c1NC(=O)c1cn[nH]c1. The molecule has 0 aliphatic rings. The Hall–Kier alpha value is -1.86. The molecule has 106 valence electrons. The molecule has 20 heavy (non-hydrogen) atoms. The largest absolute Gasteiger partial charge is 0.321 e. The van der Waals surface area contributed by atoms with E-state index in [2.05, 4.69) is 15.5 Å². The maximum absolute atomic E-state index is 11.9. The van der Waals surface area contributed by atoms with E-state index >= 15 is 0 Å². The fourth-order valence-corrected chi connectivity index (χ4v) is 2.72. The summed E-state index contributed by atoms with van der Waals surface area (Å²) in [6.07, 6.45) is 2.87. The summed E-state index contributed by atoms with van der Waals surface area (Å²) in [7, 11) is 1.52. The number of benzene rings is 1. The van der Waals surface area contributed by atoms with Gasteiger partial charge in [-0.25, -0.2) is 8.42 Å². The van der Waals surface area contributed by atoms with Crippen LogP contribution in [0.5, 0.6) is 0 Å². The topological polar surface area (TPSA) is 91.9 Å². The number of hydrogen-bond acceptors (Lipinski definition) is 4. The van der Waals surface area contributed by atoms with Gasteiger partial charge in [-0.3, -0.25) is 9.89 Å². The zero-order chi connectivity index (χ0) is 14.9. The molecule has 1 aromatic heterocycles. The van der Waals surface area contributed by atoms with E-state index in [-0.39, 0.29) is 10.8 Å². The number of aromatic amines is 1. The van der Waals surface area contributed by atoms with Crippen molar-refractivity contribution < 1.29 is 13.2 Å². The summed E-state index contributed by atoms with van der Waals surface area (Å²) in [6.45, 7) is 3.40. The van der Waals surface area contributed by atoms with Crippen LogP contribution in [0, 0.1) is 13.8 Å². The number of halogens is 1. The quantitative estimate of drug-likeness (QED) is 0.850. The summed E-state index contributed by atoms with van der Waals surface area (Å²) in [5.74, 6) is -0.327. The third kappa shape index (κ3) is 3.00. The van der Waals surface area contributed by atoms with Gasteiger partial charge in [0.1, 0.15) is 0 Å². The number of carbonyl (C=O) groups is 1. The molecule has 0 fully saturated rings. The lowest BCUT2D eigenvalue weighted by molar-refractivity contribution is 0.102. The van der Waals surface area contributed by atoms with E-state index in [1.165, 1.54) is 24.5 Å². The average molecular weight is 314 g/mol. The number of amides is 1. The van der Waals surface area contributed by atoms with Gasteiger partial charge in [0.15, 0.2) is 0 Å². The molecule has 1 amide bonds. The Labute approximate surface area is 120 Å². The van der Waals surface area contributed by atoms with Gasteiger partial charge in [0.05, 0.1) is 16.7 Å². The fourth-order valence-electron chi connectivity index (χ4n) is 1.82. The molecule has 0 saturated heterocycles. The van der Waals surface area contributed by atoms with Gasteiger partial charge in [-0.15, -0.1) is 0 Å². The molecule has 0 aliphatic heterocycles. The third-order valence-corrected chi connectivity index (χ3v) is 4.12. The summed E-state index contributed by atoms with van der Waals surface area (Å²) in [5.41, 5.74) is 2.17. The first kappa shape index (κ1) is 14.5. The minimum absolute atomic E-state index is 0.00970. The van der Waals surface area contributed by atoms with Crippen molar-refractivity contribution in [2.24, 2.45) is 0 Å². The number of rotatable bonds is 3. The summed E-state index contributed by atoms with van der Waals surface area (Å²) in [6, 6.07) is 2.83. The Kier molecular flexibility index (Phi) is 3.82. The number of aromatic nitrogens is 2. The highest BCUT2D eigenvalue weighted by Gasteiger charge is 2.16. The molecule has 2 aromatic rings. The lowest BCUT2D eigenvalue weighted by Crippen LogP contribution is -2.13. The normalized spacial score (nSPS) is 11.3. The number of H-pyrrole nitrogens is 1. The number of anilines is 1. The van der Waals surface area contributed by atoms with Crippen LogP contribution >= 0.6 is 10.7 Å². The van der Waals surface area contributed by atoms with E-state index in [4.69, 9.17) is 10.7 Å². The van der Waals surface area contributed by atoms with Gasteiger partial charge >= 0.3 is 0 Å². The van der Waals surface area contributed by atoms with Crippen molar-refractivity contribution in [1.29, 1.82) is 0 Å². The second-order valence-electron chi connectivity index (χ2n) is 4.31. The average Bonchev–Trinajstić information content (AvgIpc) is 2.85. The van der Waals surface area contributed by atoms with Crippen LogP contribution < -0.4 is 5.32 Å². The number of nitrogens with zero attached hydrogens (tertiary/aromatic N) is 1. The molecule has 0 atom stereocenters.